The Labute approximate surface area is 185 Å². The van der Waals surface area contributed by atoms with Gasteiger partial charge in [0.1, 0.15) is 5.82 Å². The molecular weight excluding hydrogens is 435 g/mol. The third kappa shape index (κ3) is 4.71. The molecule has 1 fully saturated rings. The minimum atomic E-state index is -3.64. The normalized spacial score (nSPS) is 15.1. The van der Waals surface area contributed by atoms with Crippen LogP contribution in [0.1, 0.15) is 42.5 Å². The number of anilines is 1. The summed E-state index contributed by atoms with van der Waals surface area (Å²) in [7, 11) is -2.03. The molecule has 1 aliphatic rings. The summed E-state index contributed by atoms with van der Waals surface area (Å²) in [5, 5.41) is 10.0. The van der Waals surface area contributed by atoms with E-state index in [2.05, 4.69) is 15.5 Å². The Morgan fingerprint density at radius 2 is 1.81 bits per heavy atom. The number of carbonyl (C=O) groups excluding carboxylic acids is 1. The maximum atomic E-state index is 13.4. The van der Waals surface area contributed by atoms with E-state index in [-0.39, 0.29) is 28.4 Å². The summed E-state index contributed by atoms with van der Waals surface area (Å²) in [6.45, 7) is 0. The molecule has 10 heteroatoms. The zero-order chi connectivity index (χ0) is 22.7. The maximum absolute atomic E-state index is 13.4. The molecule has 4 rings (SSSR count). The monoisotopic (exact) mass is 458 g/mol. The average molecular weight is 459 g/mol. The molecule has 0 atom stereocenters. The summed E-state index contributed by atoms with van der Waals surface area (Å²) >= 11 is 0. The Hall–Kier alpha value is -3.11. The number of halogens is 1. The van der Waals surface area contributed by atoms with Gasteiger partial charge in [-0.2, -0.15) is 4.31 Å². The van der Waals surface area contributed by atoms with Crippen molar-refractivity contribution in [3.63, 3.8) is 0 Å². The smallest absolute Gasteiger partial charge is 0.322 e. The van der Waals surface area contributed by atoms with Gasteiger partial charge in [-0.15, -0.1) is 5.10 Å². The second kappa shape index (κ2) is 9.17. The molecule has 0 spiro atoms. The third-order valence-corrected chi connectivity index (χ3v) is 7.52. The summed E-state index contributed by atoms with van der Waals surface area (Å²) < 4.78 is 46.0. The van der Waals surface area contributed by atoms with Gasteiger partial charge in [-0.1, -0.05) is 30.4 Å². The Bertz CT molecular complexity index is 1200. The molecule has 1 N–H and O–H groups in total. The molecule has 8 nitrogen and oxygen atoms in total. The zero-order valence-electron chi connectivity index (χ0n) is 17.5. The van der Waals surface area contributed by atoms with E-state index in [1.54, 1.807) is 13.1 Å². The van der Waals surface area contributed by atoms with Gasteiger partial charge in [0.15, 0.2) is 0 Å². The van der Waals surface area contributed by atoms with Crippen LogP contribution in [0.3, 0.4) is 0 Å². The second-order valence-corrected chi connectivity index (χ2v) is 9.71. The van der Waals surface area contributed by atoms with Crippen molar-refractivity contribution in [2.24, 2.45) is 0 Å². The summed E-state index contributed by atoms with van der Waals surface area (Å²) in [6, 6.07) is 11.2. The fraction of sp³-hybridized carbons (Fsp3) is 0.318. The van der Waals surface area contributed by atoms with E-state index in [1.807, 2.05) is 0 Å². The number of nitrogens with zero attached hydrogens (tertiary/aromatic N) is 3. The zero-order valence-corrected chi connectivity index (χ0v) is 18.3. The first kappa shape index (κ1) is 22.1. The summed E-state index contributed by atoms with van der Waals surface area (Å²) in [5.41, 5.74) is 0.615. The van der Waals surface area contributed by atoms with Gasteiger partial charge < -0.3 is 4.42 Å². The number of amides is 1. The number of carbonyl (C=O) groups is 1. The van der Waals surface area contributed by atoms with Gasteiger partial charge in [-0.3, -0.25) is 10.1 Å². The highest BCUT2D eigenvalue weighted by Crippen LogP contribution is 2.27. The molecule has 0 unspecified atom stereocenters. The lowest BCUT2D eigenvalue weighted by atomic mass is 9.96. The Kier molecular flexibility index (Phi) is 6.33. The lowest BCUT2D eigenvalue weighted by Crippen LogP contribution is -2.38. The number of rotatable bonds is 6. The number of sulfonamides is 1. The summed E-state index contributed by atoms with van der Waals surface area (Å²) in [6.07, 6.45) is 4.91. The van der Waals surface area contributed by atoms with Gasteiger partial charge in [0.2, 0.25) is 15.9 Å². The van der Waals surface area contributed by atoms with E-state index in [9.17, 15) is 17.6 Å². The van der Waals surface area contributed by atoms with Crippen molar-refractivity contribution in [1.29, 1.82) is 0 Å². The number of benzene rings is 2. The van der Waals surface area contributed by atoms with Crippen LogP contribution in [0.25, 0.3) is 11.5 Å². The van der Waals surface area contributed by atoms with Crippen LogP contribution >= 0.6 is 0 Å². The lowest BCUT2D eigenvalue weighted by molar-refractivity contribution is 0.102. The van der Waals surface area contributed by atoms with E-state index in [1.165, 1.54) is 46.8 Å². The van der Waals surface area contributed by atoms with Gasteiger partial charge in [0.25, 0.3) is 5.91 Å². The van der Waals surface area contributed by atoms with E-state index < -0.39 is 21.7 Å². The molecular formula is C22H23FN4O4S. The van der Waals surface area contributed by atoms with E-state index in [0.717, 1.165) is 32.1 Å². The number of hydrogen-bond donors (Lipinski definition) is 1. The van der Waals surface area contributed by atoms with Crippen LogP contribution in [0.15, 0.2) is 57.8 Å². The van der Waals surface area contributed by atoms with Crippen LogP contribution in [0.5, 0.6) is 0 Å². The minimum absolute atomic E-state index is 0.00142. The van der Waals surface area contributed by atoms with Crippen molar-refractivity contribution in [2.45, 2.75) is 43.0 Å². The van der Waals surface area contributed by atoms with Gasteiger partial charge in [0, 0.05) is 24.2 Å². The number of hydrogen-bond acceptors (Lipinski definition) is 6. The Morgan fingerprint density at radius 1 is 1.09 bits per heavy atom. The standard InChI is InChI=1S/C22H23FN4O4S/c1-27(18-8-3-2-4-9-18)32(29,30)19-12-10-15(11-13-19)20(28)24-22-26-25-21(31-22)16-6-5-7-17(23)14-16/h5-7,10-14,18H,2-4,8-9H2,1H3,(H,24,26,28). The molecule has 1 aliphatic carbocycles. The van der Waals surface area contributed by atoms with Crippen LogP contribution in [-0.4, -0.2) is 41.9 Å². The third-order valence-electron chi connectivity index (χ3n) is 5.60. The van der Waals surface area contributed by atoms with Crippen LogP contribution in [0, 0.1) is 5.82 Å². The summed E-state index contributed by atoms with van der Waals surface area (Å²) in [5.74, 6) is -0.925. The lowest BCUT2D eigenvalue weighted by Gasteiger charge is -2.30. The van der Waals surface area contributed by atoms with Gasteiger partial charge >= 0.3 is 6.01 Å². The molecule has 2 aromatic carbocycles. The van der Waals surface area contributed by atoms with Crippen LogP contribution < -0.4 is 5.32 Å². The Morgan fingerprint density at radius 3 is 2.50 bits per heavy atom. The largest absolute Gasteiger partial charge is 0.403 e. The maximum Gasteiger partial charge on any atom is 0.322 e. The second-order valence-electron chi connectivity index (χ2n) is 7.71. The first-order valence-electron chi connectivity index (χ1n) is 10.3. The first-order valence-corrected chi connectivity index (χ1v) is 11.8. The molecule has 1 amide bonds. The molecule has 0 saturated heterocycles. The molecule has 0 bridgehead atoms. The van der Waals surface area contributed by atoms with Crippen molar-refractivity contribution in [1.82, 2.24) is 14.5 Å². The molecule has 0 radical (unpaired) electrons. The minimum Gasteiger partial charge on any atom is -0.403 e. The van der Waals surface area contributed by atoms with Crippen LogP contribution in [0.2, 0.25) is 0 Å². The first-order chi connectivity index (χ1) is 15.3. The van der Waals surface area contributed by atoms with Gasteiger partial charge in [0.05, 0.1) is 4.90 Å². The van der Waals surface area contributed by atoms with Crippen molar-refractivity contribution in [3.8, 4) is 11.5 Å². The van der Waals surface area contributed by atoms with E-state index in [0.29, 0.717) is 5.56 Å². The van der Waals surface area contributed by atoms with Gasteiger partial charge in [-0.05, 0) is 55.3 Å². The highest BCUT2D eigenvalue weighted by atomic mass is 32.2. The molecule has 1 aromatic heterocycles. The van der Waals surface area contributed by atoms with Gasteiger partial charge in [-0.25, -0.2) is 12.8 Å². The van der Waals surface area contributed by atoms with Crippen molar-refractivity contribution >= 4 is 21.9 Å². The molecule has 168 valence electrons. The molecule has 1 heterocycles. The fourth-order valence-electron chi connectivity index (χ4n) is 3.77. The molecule has 3 aromatic rings. The quantitative estimate of drug-likeness (QED) is 0.597. The molecule has 1 saturated carbocycles. The van der Waals surface area contributed by atoms with E-state index >= 15 is 0 Å². The van der Waals surface area contributed by atoms with Crippen molar-refractivity contribution < 1.29 is 22.0 Å². The van der Waals surface area contributed by atoms with Crippen LogP contribution in [-0.2, 0) is 10.0 Å². The number of nitrogens with one attached hydrogen (secondary N) is 1. The highest BCUT2D eigenvalue weighted by molar-refractivity contribution is 7.89. The SMILES string of the molecule is CN(C1CCCCC1)S(=O)(=O)c1ccc(C(=O)Nc2nnc(-c3cccc(F)c3)o2)cc1. The van der Waals surface area contributed by atoms with Crippen LogP contribution in [0.4, 0.5) is 10.4 Å². The molecule has 0 aliphatic heterocycles. The average Bonchev–Trinajstić information content (AvgIpc) is 3.27. The summed E-state index contributed by atoms with van der Waals surface area (Å²) in [4.78, 5) is 12.6. The highest BCUT2D eigenvalue weighted by Gasteiger charge is 2.29. The van der Waals surface area contributed by atoms with Crippen molar-refractivity contribution in [2.75, 3.05) is 12.4 Å². The fourth-order valence-corrected chi connectivity index (χ4v) is 5.18. The molecule has 32 heavy (non-hydrogen) atoms. The number of aromatic nitrogens is 2. The van der Waals surface area contributed by atoms with E-state index in [4.69, 9.17) is 4.42 Å². The van der Waals surface area contributed by atoms with Crippen molar-refractivity contribution in [3.05, 3.63) is 59.9 Å². The predicted octanol–water partition coefficient (Wildman–Crippen LogP) is 4.08. The predicted molar refractivity (Wildman–Crippen MR) is 116 cm³/mol. The Balaban J connectivity index is 1.44. The topological polar surface area (TPSA) is 105 Å².